The van der Waals surface area contributed by atoms with Crippen LogP contribution in [0.2, 0.25) is 25.7 Å². The van der Waals surface area contributed by atoms with E-state index in [1.54, 1.807) is 0 Å². The molecule has 0 bridgehead atoms. The summed E-state index contributed by atoms with van der Waals surface area (Å²) in [5, 5.41) is 0. The third-order valence-corrected chi connectivity index (χ3v) is 5.39. The molecular formula is C15H28N3OSi+. The Morgan fingerprint density at radius 3 is 2.80 bits per heavy atom. The van der Waals surface area contributed by atoms with Gasteiger partial charge in [0.2, 0.25) is 6.33 Å². The zero-order valence-electron chi connectivity index (χ0n) is 13.4. The van der Waals surface area contributed by atoms with Gasteiger partial charge < -0.3 is 9.64 Å². The van der Waals surface area contributed by atoms with Crippen molar-refractivity contribution in [3.8, 4) is 0 Å². The van der Waals surface area contributed by atoms with Crippen LogP contribution in [0.4, 0.5) is 0 Å². The van der Waals surface area contributed by atoms with Gasteiger partial charge in [0, 0.05) is 33.0 Å². The van der Waals surface area contributed by atoms with E-state index in [0.717, 1.165) is 13.2 Å². The molecule has 1 aromatic heterocycles. The second-order valence-electron chi connectivity index (χ2n) is 7.03. The first-order valence-electron chi connectivity index (χ1n) is 7.48. The van der Waals surface area contributed by atoms with E-state index in [1.807, 2.05) is 6.33 Å². The number of hydrogen-bond donors (Lipinski definition) is 1. The van der Waals surface area contributed by atoms with Crippen molar-refractivity contribution in [2.75, 3.05) is 6.61 Å². The average Bonchev–Trinajstić information content (AvgIpc) is 2.76. The Bertz CT molecular complexity index is 474. The fraction of sp³-hybridized carbons (Fsp3) is 0.667. The molecule has 112 valence electrons. The van der Waals surface area contributed by atoms with Gasteiger partial charge in [0.25, 0.3) is 0 Å². The normalized spacial score (nSPS) is 15.0. The molecule has 1 N–H and O–H groups in total. The molecule has 0 amide bonds. The lowest BCUT2D eigenvalue weighted by atomic mass is 10.2. The fourth-order valence-electron chi connectivity index (χ4n) is 2.19. The second kappa shape index (κ2) is 6.14. The van der Waals surface area contributed by atoms with Gasteiger partial charge in [-0.15, -0.1) is 0 Å². The summed E-state index contributed by atoms with van der Waals surface area (Å²) in [6, 6.07) is 1.74. The summed E-state index contributed by atoms with van der Waals surface area (Å²) in [6.45, 7) is 14.0. The lowest BCUT2D eigenvalue weighted by Crippen LogP contribution is -2.41. The Morgan fingerprint density at radius 2 is 2.15 bits per heavy atom. The van der Waals surface area contributed by atoms with E-state index in [0.29, 0.717) is 12.8 Å². The van der Waals surface area contributed by atoms with Gasteiger partial charge in [0.05, 0.1) is 6.54 Å². The van der Waals surface area contributed by atoms with Crippen molar-refractivity contribution in [3.63, 3.8) is 0 Å². The van der Waals surface area contributed by atoms with Crippen molar-refractivity contribution < 1.29 is 9.30 Å². The van der Waals surface area contributed by atoms with Crippen LogP contribution in [0.15, 0.2) is 12.5 Å². The molecule has 1 aromatic rings. The number of nitrogens with zero attached hydrogens (tertiary/aromatic N) is 2. The predicted octanol–water partition coefficient (Wildman–Crippen LogP) is 2.81. The highest BCUT2D eigenvalue weighted by Crippen LogP contribution is 2.17. The minimum Gasteiger partial charge on any atom is -0.367 e. The Balaban J connectivity index is 1.92. The summed E-state index contributed by atoms with van der Waals surface area (Å²) < 4.78 is 8.04. The first-order chi connectivity index (χ1) is 9.37. The molecular weight excluding hydrogens is 266 g/mol. The molecule has 0 radical (unpaired) electrons. The number of ether oxygens (including phenoxy) is 1. The Labute approximate surface area is 123 Å². The van der Waals surface area contributed by atoms with Crippen LogP contribution in [0.1, 0.15) is 25.2 Å². The van der Waals surface area contributed by atoms with Crippen LogP contribution >= 0.6 is 0 Å². The molecule has 1 aliphatic heterocycles. The van der Waals surface area contributed by atoms with Gasteiger partial charge in [-0.3, -0.25) is 0 Å². The fourth-order valence-corrected chi connectivity index (χ4v) is 2.95. The van der Waals surface area contributed by atoms with E-state index in [-0.39, 0.29) is 0 Å². The van der Waals surface area contributed by atoms with Gasteiger partial charge in [-0.25, -0.2) is 9.55 Å². The SMILES string of the molecule is CC(C)N1C=Cc2[nH]c[n+](COCC[Si](C)(C)C)c2C1. The first kappa shape index (κ1) is 15.3. The molecule has 0 unspecified atom stereocenters. The molecule has 0 aromatic carbocycles. The van der Waals surface area contributed by atoms with Gasteiger partial charge in [0.15, 0.2) is 18.1 Å². The molecule has 0 aliphatic carbocycles. The van der Waals surface area contributed by atoms with Gasteiger partial charge in [-0.1, -0.05) is 19.6 Å². The second-order valence-corrected chi connectivity index (χ2v) is 12.7. The van der Waals surface area contributed by atoms with Crippen molar-refractivity contribution >= 4 is 14.1 Å². The molecule has 20 heavy (non-hydrogen) atoms. The van der Waals surface area contributed by atoms with E-state index in [4.69, 9.17) is 4.74 Å². The molecule has 4 nitrogen and oxygen atoms in total. The van der Waals surface area contributed by atoms with Crippen molar-refractivity contribution in [1.82, 2.24) is 9.88 Å². The highest BCUT2D eigenvalue weighted by atomic mass is 28.3. The highest BCUT2D eigenvalue weighted by Gasteiger charge is 2.23. The quantitative estimate of drug-likeness (QED) is 0.497. The standard InChI is InChI=1S/C15H27N3OSi/c1-13(2)17-7-6-14-15(10-17)18(11-16-14)12-19-8-9-20(3,4)5/h6-7,11,13H,8-10,12H2,1-5H3/p+1. The predicted molar refractivity (Wildman–Crippen MR) is 84.8 cm³/mol. The zero-order valence-corrected chi connectivity index (χ0v) is 14.4. The number of fused-ring (bicyclic) bond motifs is 1. The average molecular weight is 294 g/mol. The van der Waals surface area contributed by atoms with Crippen molar-refractivity contribution in [2.45, 2.75) is 58.9 Å². The maximum absolute atomic E-state index is 5.85. The summed E-state index contributed by atoms with van der Waals surface area (Å²) in [4.78, 5) is 5.66. The minimum atomic E-state index is -0.995. The van der Waals surface area contributed by atoms with E-state index in [2.05, 4.69) is 60.2 Å². The maximum Gasteiger partial charge on any atom is 0.244 e. The summed E-state index contributed by atoms with van der Waals surface area (Å²) >= 11 is 0. The third kappa shape index (κ3) is 3.96. The number of nitrogens with one attached hydrogen (secondary N) is 1. The van der Waals surface area contributed by atoms with Crippen LogP contribution in [0.3, 0.4) is 0 Å². The van der Waals surface area contributed by atoms with E-state index in [9.17, 15) is 0 Å². The summed E-state index contributed by atoms with van der Waals surface area (Å²) in [6.07, 6.45) is 6.34. The molecule has 0 spiro atoms. The Kier molecular flexibility index (Phi) is 4.70. The number of H-pyrrole nitrogens is 1. The topological polar surface area (TPSA) is 32.1 Å². The highest BCUT2D eigenvalue weighted by molar-refractivity contribution is 6.76. The van der Waals surface area contributed by atoms with Crippen LogP contribution in [0.5, 0.6) is 0 Å². The van der Waals surface area contributed by atoms with Crippen LogP contribution in [0.25, 0.3) is 6.08 Å². The number of imidazole rings is 1. The lowest BCUT2D eigenvalue weighted by Gasteiger charge is -2.26. The Hall–Kier alpha value is -1.07. The molecule has 5 heteroatoms. The van der Waals surface area contributed by atoms with Crippen LogP contribution in [0, 0.1) is 0 Å². The molecule has 2 rings (SSSR count). The molecule has 0 fully saturated rings. The van der Waals surface area contributed by atoms with Crippen LogP contribution < -0.4 is 4.57 Å². The largest absolute Gasteiger partial charge is 0.367 e. The number of aromatic nitrogens is 2. The number of rotatable bonds is 6. The van der Waals surface area contributed by atoms with E-state index in [1.165, 1.54) is 17.4 Å². The van der Waals surface area contributed by atoms with Crippen LogP contribution in [-0.2, 0) is 18.0 Å². The smallest absolute Gasteiger partial charge is 0.244 e. The zero-order chi connectivity index (χ0) is 14.8. The maximum atomic E-state index is 5.85. The Morgan fingerprint density at radius 1 is 1.40 bits per heavy atom. The van der Waals surface area contributed by atoms with E-state index >= 15 is 0 Å². The van der Waals surface area contributed by atoms with E-state index < -0.39 is 8.07 Å². The van der Waals surface area contributed by atoms with Gasteiger partial charge >= 0.3 is 0 Å². The first-order valence-corrected chi connectivity index (χ1v) is 11.2. The summed E-state index contributed by atoms with van der Waals surface area (Å²) in [5.41, 5.74) is 2.52. The molecule has 2 heterocycles. The lowest BCUT2D eigenvalue weighted by molar-refractivity contribution is -0.738. The number of aromatic amines is 1. The molecule has 0 atom stereocenters. The third-order valence-electron chi connectivity index (χ3n) is 3.69. The van der Waals surface area contributed by atoms with Crippen molar-refractivity contribution in [1.29, 1.82) is 0 Å². The molecule has 1 aliphatic rings. The minimum absolute atomic E-state index is 0.524. The summed E-state index contributed by atoms with van der Waals surface area (Å²) in [5.74, 6) is 0. The van der Waals surface area contributed by atoms with Gasteiger partial charge in [-0.05, 0) is 19.9 Å². The molecule has 0 saturated heterocycles. The van der Waals surface area contributed by atoms with Crippen molar-refractivity contribution in [3.05, 3.63) is 23.9 Å². The number of hydrogen-bond acceptors (Lipinski definition) is 2. The van der Waals surface area contributed by atoms with Crippen molar-refractivity contribution in [2.24, 2.45) is 0 Å². The van der Waals surface area contributed by atoms with Gasteiger partial charge in [0.1, 0.15) is 0 Å². The van der Waals surface area contributed by atoms with Gasteiger partial charge in [-0.2, -0.15) is 0 Å². The monoisotopic (exact) mass is 294 g/mol. The molecule has 0 saturated carbocycles. The van der Waals surface area contributed by atoms with Crippen LogP contribution in [-0.4, -0.2) is 30.6 Å². The summed E-state index contributed by atoms with van der Waals surface area (Å²) in [7, 11) is -0.995.